The van der Waals surface area contributed by atoms with Crippen molar-refractivity contribution >= 4 is 51.7 Å². The van der Waals surface area contributed by atoms with E-state index in [9.17, 15) is 24.0 Å². The van der Waals surface area contributed by atoms with Gasteiger partial charge in [0.25, 0.3) is 0 Å². The Labute approximate surface area is 322 Å². The number of nitrogens with zero attached hydrogens (tertiary/aromatic N) is 3. The first-order chi connectivity index (χ1) is 24.8. The minimum absolute atomic E-state index is 0.0321. The van der Waals surface area contributed by atoms with Crippen LogP contribution in [0.5, 0.6) is 0 Å². The van der Waals surface area contributed by atoms with Crippen LogP contribution >= 0.6 is 0 Å². The zero-order chi connectivity index (χ0) is 40.2. The van der Waals surface area contributed by atoms with Crippen LogP contribution < -0.4 is 25.4 Å². The summed E-state index contributed by atoms with van der Waals surface area (Å²) in [6.45, 7) is 19.2. The third-order valence-corrected chi connectivity index (χ3v) is 24.1. The fraction of sp³-hybridized carbons (Fsp3) is 0.816. The predicted molar refractivity (Wildman–Crippen MR) is 210 cm³/mol. The number of ether oxygens (including phenoxy) is 2. The summed E-state index contributed by atoms with van der Waals surface area (Å²) in [4.78, 5) is 63.5. The Bertz CT molecular complexity index is 1280. The van der Waals surface area contributed by atoms with E-state index in [4.69, 9.17) is 20.3 Å². The summed E-state index contributed by atoms with van der Waals surface area (Å²) >= 11 is -2.91. The summed E-state index contributed by atoms with van der Waals surface area (Å²) in [6, 6.07) is -2.67. The van der Waals surface area contributed by atoms with Crippen LogP contribution in [0.3, 0.4) is 0 Å². The number of unbranched alkanes of at least 4 members (excludes halogenated alkanes) is 4. The van der Waals surface area contributed by atoms with Gasteiger partial charge in [0.1, 0.15) is 11.2 Å². The predicted octanol–water partition coefficient (Wildman–Crippen LogP) is 5.17. The van der Waals surface area contributed by atoms with E-state index in [1.54, 1.807) is 46.2 Å². The summed E-state index contributed by atoms with van der Waals surface area (Å²) in [5.74, 6) is -1.62. The third kappa shape index (κ3) is 18.9. The first-order valence-electron chi connectivity index (χ1n) is 19.7. The zero-order valence-corrected chi connectivity index (χ0v) is 37.3. The second-order valence-electron chi connectivity index (χ2n) is 16.2. The number of aromatic nitrogens is 3. The number of esters is 2. The quantitative estimate of drug-likeness (QED) is 0.0579. The zero-order valence-electron chi connectivity index (χ0n) is 34.5. The molecule has 5 N–H and O–H groups in total. The van der Waals surface area contributed by atoms with E-state index in [1.807, 2.05) is 0 Å². The molecule has 0 bridgehead atoms. The van der Waals surface area contributed by atoms with Crippen LogP contribution in [-0.4, -0.2) is 92.9 Å². The van der Waals surface area contributed by atoms with Gasteiger partial charge in [0.05, 0.1) is 6.04 Å². The number of hydrogen-bond donors (Lipinski definition) is 4. The molecule has 2 atom stereocenters. The maximum absolute atomic E-state index is 13.1. The van der Waals surface area contributed by atoms with Crippen LogP contribution in [0, 0.1) is 0 Å². The Balaban J connectivity index is 2.89. The molecule has 1 aromatic rings. The summed E-state index contributed by atoms with van der Waals surface area (Å²) in [5.41, 5.74) is 5.75. The Morgan fingerprint density at radius 3 is 1.83 bits per heavy atom. The van der Waals surface area contributed by atoms with Crippen LogP contribution in [0.1, 0.15) is 146 Å². The average molecular weight is 857 g/mol. The molecule has 0 aliphatic rings. The van der Waals surface area contributed by atoms with Crippen LogP contribution in [0.15, 0.2) is 0 Å². The molecular formula is C38H71N7O7Sn. The molecule has 53 heavy (non-hydrogen) atoms. The number of nitrogens with two attached hydrogens (primary N) is 1. The van der Waals surface area contributed by atoms with E-state index in [0.29, 0.717) is 25.9 Å². The molecule has 304 valence electrons. The number of Topliss-reactive ketones (excluding diaryl/α,β-unsaturated/α-hetero) is 1. The van der Waals surface area contributed by atoms with Crippen LogP contribution in [0.2, 0.25) is 13.3 Å². The summed E-state index contributed by atoms with van der Waals surface area (Å²) in [6.07, 6.45) is 8.25. The number of carbonyl (C=O) groups excluding carboxylic acids is 5. The van der Waals surface area contributed by atoms with Gasteiger partial charge in [0, 0.05) is 6.42 Å². The molecule has 14 nitrogen and oxygen atoms in total. The SMILES string of the molecule is CCC[CH2][Sn]([CH2]CCC)([CH2]CCC)[c]1nnn(CC(=O)NCCCC[C@H](NC(=O)N[C@@H](CCC(=O)OC(C)(C)C)C(C)=O)C(=O)OC(C)(C)C)c1CN. The molecule has 0 aromatic carbocycles. The molecule has 15 heteroatoms. The molecule has 0 aliphatic carbocycles. The Hall–Kier alpha value is -2.75. The molecular weight excluding hydrogens is 785 g/mol. The van der Waals surface area contributed by atoms with E-state index in [0.717, 1.165) is 28.7 Å². The topological polar surface area (TPSA) is 197 Å². The summed E-state index contributed by atoms with van der Waals surface area (Å²) < 4.78 is 17.4. The van der Waals surface area contributed by atoms with Gasteiger partial charge >= 0.3 is 205 Å². The Kier molecular flexibility index (Phi) is 21.8. The normalized spacial score (nSPS) is 13.2. The van der Waals surface area contributed by atoms with Crippen LogP contribution in [0.25, 0.3) is 0 Å². The van der Waals surface area contributed by atoms with Crippen molar-refractivity contribution in [1.82, 2.24) is 30.9 Å². The molecule has 0 saturated carbocycles. The van der Waals surface area contributed by atoms with Crippen molar-refractivity contribution < 1.29 is 33.4 Å². The number of urea groups is 1. The number of amides is 3. The third-order valence-electron chi connectivity index (χ3n) is 8.94. The van der Waals surface area contributed by atoms with Crippen LogP contribution in [-0.2, 0) is 41.7 Å². The molecule has 0 spiro atoms. The monoisotopic (exact) mass is 857 g/mol. The van der Waals surface area contributed by atoms with Crippen molar-refractivity contribution in [3.63, 3.8) is 0 Å². The van der Waals surface area contributed by atoms with Crippen molar-refractivity contribution in [2.75, 3.05) is 6.54 Å². The van der Waals surface area contributed by atoms with Gasteiger partial charge in [-0.15, -0.1) is 0 Å². The van der Waals surface area contributed by atoms with Crippen molar-refractivity contribution in [2.45, 2.75) is 190 Å². The van der Waals surface area contributed by atoms with Gasteiger partial charge < -0.3 is 14.8 Å². The van der Waals surface area contributed by atoms with Crippen LogP contribution in [0.4, 0.5) is 4.79 Å². The van der Waals surface area contributed by atoms with Gasteiger partial charge in [0.15, 0.2) is 5.78 Å². The van der Waals surface area contributed by atoms with Crippen molar-refractivity contribution in [3.8, 4) is 0 Å². The Morgan fingerprint density at radius 1 is 0.792 bits per heavy atom. The van der Waals surface area contributed by atoms with Crippen molar-refractivity contribution in [2.24, 2.45) is 5.73 Å². The minimum atomic E-state index is -2.91. The van der Waals surface area contributed by atoms with Gasteiger partial charge in [-0.05, 0) is 54.9 Å². The number of rotatable bonds is 25. The van der Waals surface area contributed by atoms with E-state index < -0.39 is 59.6 Å². The molecule has 0 radical (unpaired) electrons. The van der Waals surface area contributed by atoms with Gasteiger partial charge in [-0.3, -0.25) is 9.59 Å². The molecule has 1 aromatic heterocycles. The number of nitrogens with one attached hydrogen (secondary N) is 3. The van der Waals surface area contributed by atoms with Crippen molar-refractivity contribution in [1.29, 1.82) is 0 Å². The number of hydrogen-bond acceptors (Lipinski definition) is 10. The second kappa shape index (κ2) is 23.9. The van der Waals surface area contributed by atoms with Gasteiger partial charge in [0.2, 0.25) is 0 Å². The molecule has 0 fully saturated rings. The fourth-order valence-electron chi connectivity index (χ4n) is 6.25. The molecule has 3 amide bonds. The molecule has 0 saturated heterocycles. The maximum atomic E-state index is 13.1. The van der Waals surface area contributed by atoms with E-state index in [2.05, 4.69) is 41.9 Å². The molecule has 0 unspecified atom stereocenters. The first kappa shape index (κ1) is 48.3. The van der Waals surface area contributed by atoms with Gasteiger partial charge in [-0.2, -0.15) is 0 Å². The van der Waals surface area contributed by atoms with E-state index in [-0.39, 0.29) is 37.5 Å². The fourth-order valence-corrected chi connectivity index (χ4v) is 22.4. The number of ketones is 1. The van der Waals surface area contributed by atoms with E-state index in [1.165, 1.54) is 39.5 Å². The van der Waals surface area contributed by atoms with Gasteiger partial charge in [-0.25, -0.2) is 9.59 Å². The standard InChI is InChI=1S/C26H44N7O7.3C4H9.Sn/c1-17(34)19(11-12-22(36)39-25(2,3)4)30-24(38)31-20(23(37)40-26(5,6)7)10-8-9-13-28-21(35)16-33-18(14-27)15-29-32-33;3*1-3-4-2;/h19-20H,8-14,16,27H2,1-7H3,(H,28,35)(H2,30,31,38);3*1,3-4H2,2H3;/t19-,20-;;;;/m0..../s1. The Morgan fingerprint density at radius 2 is 1.34 bits per heavy atom. The van der Waals surface area contributed by atoms with Crippen molar-refractivity contribution in [3.05, 3.63) is 5.69 Å². The second-order valence-corrected chi connectivity index (χ2v) is 29.1. The summed E-state index contributed by atoms with van der Waals surface area (Å²) in [7, 11) is 0. The average Bonchev–Trinajstić information content (AvgIpc) is 3.46. The molecule has 1 rings (SSSR count). The molecule has 1 heterocycles. The summed E-state index contributed by atoms with van der Waals surface area (Å²) in [5, 5.41) is 17.4. The molecule has 0 aliphatic heterocycles. The number of carbonyl (C=O) groups is 5. The van der Waals surface area contributed by atoms with E-state index >= 15 is 0 Å². The van der Waals surface area contributed by atoms with Gasteiger partial charge in [-0.1, -0.05) is 0 Å². The first-order valence-corrected chi connectivity index (χ1v) is 27.2.